The van der Waals surface area contributed by atoms with Crippen molar-refractivity contribution in [1.82, 2.24) is 10.2 Å². The molecule has 7 heteroatoms. The van der Waals surface area contributed by atoms with Crippen LogP contribution in [0, 0.1) is 0 Å². The van der Waals surface area contributed by atoms with Crippen molar-refractivity contribution in [1.29, 1.82) is 0 Å². The molecule has 1 atom stereocenters. The van der Waals surface area contributed by atoms with Gasteiger partial charge in [-0.2, -0.15) is 0 Å². The zero-order valence-corrected chi connectivity index (χ0v) is 22.1. The van der Waals surface area contributed by atoms with Gasteiger partial charge in [0.05, 0.1) is 4.47 Å². The molecule has 0 aromatic heterocycles. The van der Waals surface area contributed by atoms with E-state index < -0.39 is 6.04 Å². The van der Waals surface area contributed by atoms with E-state index in [1.54, 1.807) is 24.0 Å². The molecule has 0 bridgehead atoms. The van der Waals surface area contributed by atoms with Crippen LogP contribution in [0.5, 0.6) is 5.75 Å². The fraction of sp³-hybridized carbons (Fsp3) is 0.357. The first-order valence-electron chi connectivity index (χ1n) is 12.1. The predicted octanol–water partition coefficient (Wildman–Crippen LogP) is 6.50. The Balaban J connectivity index is 1.49. The summed E-state index contributed by atoms with van der Waals surface area (Å²) in [5, 5.41) is 5.86. The molecule has 5 nitrogen and oxygen atoms in total. The van der Waals surface area contributed by atoms with E-state index in [0.717, 1.165) is 46.5 Å². The molecule has 184 valence electrons. The van der Waals surface area contributed by atoms with Gasteiger partial charge in [-0.15, -0.1) is 0 Å². The quantitative estimate of drug-likeness (QED) is 0.344. The molecule has 1 N–H and O–H groups in total. The molecule has 0 radical (unpaired) electrons. The lowest BCUT2D eigenvalue weighted by atomic mass is 9.95. The predicted molar refractivity (Wildman–Crippen MR) is 144 cm³/mol. The van der Waals surface area contributed by atoms with Gasteiger partial charge in [0.1, 0.15) is 11.8 Å². The Morgan fingerprint density at radius 2 is 1.77 bits per heavy atom. The third-order valence-corrected chi connectivity index (χ3v) is 7.63. The summed E-state index contributed by atoms with van der Waals surface area (Å²) in [6, 6.07) is 18.6. The Labute approximate surface area is 219 Å². The second kappa shape index (κ2) is 11.9. The molecule has 0 unspecified atom stereocenters. The zero-order chi connectivity index (χ0) is 24.8. The average Bonchev–Trinajstić information content (AvgIpc) is 2.88. The Kier molecular flexibility index (Phi) is 8.69. The lowest BCUT2D eigenvalue weighted by Gasteiger charge is -2.31. The Morgan fingerprint density at radius 1 is 1.06 bits per heavy atom. The molecular formula is C28H30BrClN2O3. The van der Waals surface area contributed by atoms with Gasteiger partial charge in [0.25, 0.3) is 5.91 Å². The summed E-state index contributed by atoms with van der Waals surface area (Å²) in [6.07, 6.45) is 5.44. The Bertz CT molecular complexity index is 1180. The van der Waals surface area contributed by atoms with E-state index >= 15 is 0 Å². The maximum Gasteiger partial charge on any atom is 0.261 e. The van der Waals surface area contributed by atoms with E-state index in [0.29, 0.717) is 10.8 Å². The van der Waals surface area contributed by atoms with Crippen LogP contribution in [0.3, 0.4) is 0 Å². The molecule has 3 aromatic carbocycles. The molecule has 3 aromatic rings. The van der Waals surface area contributed by atoms with Crippen LogP contribution in [0.2, 0.25) is 5.02 Å². The number of hydrogen-bond donors (Lipinski definition) is 1. The topological polar surface area (TPSA) is 58.6 Å². The minimum absolute atomic E-state index is 0.133. The van der Waals surface area contributed by atoms with Gasteiger partial charge in [-0.25, -0.2) is 0 Å². The monoisotopic (exact) mass is 556 g/mol. The second-order valence-corrected chi connectivity index (χ2v) is 10.3. The number of carbonyl (C=O) groups is 2. The normalized spacial score (nSPS) is 14.9. The largest absolute Gasteiger partial charge is 0.483 e. The van der Waals surface area contributed by atoms with Crippen LogP contribution >= 0.6 is 27.5 Å². The lowest BCUT2D eigenvalue weighted by Crippen LogP contribution is -2.51. The van der Waals surface area contributed by atoms with E-state index in [-0.39, 0.29) is 31.0 Å². The fourth-order valence-corrected chi connectivity index (χ4v) is 5.22. The number of fused-ring (bicyclic) bond motifs is 1. The van der Waals surface area contributed by atoms with Crippen molar-refractivity contribution in [2.24, 2.45) is 0 Å². The highest BCUT2D eigenvalue weighted by Gasteiger charge is 2.28. The molecule has 4 rings (SSSR count). The van der Waals surface area contributed by atoms with Crippen molar-refractivity contribution in [2.45, 2.75) is 57.7 Å². The van der Waals surface area contributed by atoms with E-state index in [4.69, 9.17) is 16.3 Å². The number of nitrogens with zero attached hydrogens (tertiary/aromatic N) is 1. The maximum absolute atomic E-state index is 13.4. The maximum atomic E-state index is 13.4. The standard InChI is InChI=1S/C28H30BrClN2O3/c1-19(28(34)31-23-8-3-2-4-9-23)32(17-20-11-14-22(30)15-12-20)26(33)18-35-25-16-13-21-7-5-6-10-24(21)27(25)29/h5-7,10-16,19,23H,2-4,8-9,17-18H2,1H3,(H,31,34)/t19-/m0/s1. The van der Waals surface area contributed by atoms with Crippen LogP contribution < -0.4 is 10.1 Å². The van der Waals surface area contributed by atoms with Crippen LogP contribution in [0.25, 0.3) is 10.8 Å². The minimum atomic E-state index is -0.635. The summed E-state index contributed by atoms with van der Waals surface area (Å²) in [6.45, 7) is 1.89. The molecule has 0 spiro atoms. The van der Waals surface area contributed by atoms with Crippen LogP contribution in [-0.4, -0.2) is 35.4 Å². The number of hydrogen-bond acceptors (Lipinski definition) is 3. The second-order valence-electron chi connectivity index (χ2n) is 9.06. The Hall–Kier alpha value is -2.57. The molecule has 1 aliphatic carbocycles. The van der Waals surface area contributed by atoms with Gasteiger partial charge in [0.15, 0.2) is 6.61 Å². The number of amides is 2. The third-order valence-electron chi connectivity index (χ3n) is 6.56. The van der Waals surface area contributed by atoms with Gasteiger partial charge in [0, 0.05) is 17.6 Å². The van der Waals surface area contributed by atoms with E-state index in [1.165, 1.54) is 6.42 Å². The number of benzene rings is 3. The van der Waals surface area contributed by atoms with Gasteiger partial charge in [-0.05, 0) is 70.2 Å². The molecule has 35 heavy (non-hydrogen) atoms. The van der Waals surface area contributed by atoms with Crippen molar-refractivity contribution < 1.29 is 14.3 Å². The molecule has 2 amide bonds. The van der Waals surface area contributed by atoms with Crippen molar-refractivity contribution in [3.05, 3.63) is 75.7 Å². The SMILES string of the molecule is C[C@@H](C(=O)NC1CCCCC1)N(Cc1ccc(Cl)cc1)C(=O)COc1ccc2ccccc2c1Br. The summed E-state index contributed by atoms with van der Waals surface area (Å²) in [7, 11) is 0. The lowest BCUT2D eigenvalue weighted by molar-refractivity contribution is -0.142. The van der Waals surface area contributed by atoms with Gasteiger partial charge in [-0.3, -0.25) is 9.59 Å². The van der Waals surface area contributed by atoms with Crippen LogP contribution in [-0.2, 0) is 16.1 Å². The first kappa shape index (κ1) is 25.5. The smallest absolute Gasteiger partial charge is 0.261 e. The van der Waals surface area contributed by atoms with Crippen molar-refractivity contribution in [3.8, 4) is 5.75 Å². The molecular weight excluding hydrogens is 528 g/mol. The number of halogens is 2. The molecule has 0 heterocycles. The van der Waals surface area contributed by atoms with Crippen molar-refractivity contribution in [2.75, 3.05) is 6.61 Å². The van der Waals surface area contributed by atoms with Gasteiger partial charge in [0.2, 0.25) is 5.91 Å². The first-order chi connectivity index (χ1) is 16.9. The van der Waals surface area contributed by atoms with Gasteiger partial charge >= 0.3 is 0 Å². The van der Waals surface area contributed by atoms with Gasteiger partial charge in [-0.1, -0.05) is 73.3 Å². The highest BCUT2D eigenvalue weighted by Crippen LogP contribution is 2.33. The molecule has 0 aliphatic heterocycles. The molecule has 1 aliphatic rings. The minimum Gasteiger partial charge on any atom is -0.483 e. The third kappa shape index (κ3) is 6.56. The van der Waals surface area contributed by atoms with Crippen molar-refractivity contribution >= 4 is 50.1 Å². The van der Waals surface area contributed by atoms with Gasteiger partial charge < -0.3 is 15.0 Å². The Morgan fingerprint density at radius 3 is 2.51 bits per heavy atom. The van der Waals surface area contributed by atoms with Crippen LogP contribution in [0.15, 0.2) is 65.1 Å². The summed E-state index contributed by atoms with van der Waals surface area (Å²) in [5.41, 5.74) is 0.895. The highest BCUT2D eigenvalue weighted by atomic mass is 79.9. The zero-order valence-electron chi connectivity index (χ0n) is 19.8. The first-order valence-corrected chi connectivity index (χ1v) is 13.2. The van der Waals surface area contributed by atoms with E-state index in [2.05, 4.69) is 21.2 Å². The molecule has 1 saturated carbocycles. The summed E-state index contributed by atoms with van der Waals surface area (Å²) in [4.78, 5) is 28.1. The van der Waals surface area contributed by atoms with Crippen molar-refractivity contribution in [3.63, 3.8) is 0 Å². The number of ether oxygens (including phenoxy) is 1. The highest BCUT2D eigenvalue weighted by molar-refractivity contribution is 9.10. The van der Waals surface area contributed by atoms with Crippen LogP contribution in [0.1, 0.15) is 44.6 Å². The molecule has 0 saturated heterocycles. The fourth-order valence-electron chi connectivity index (χ4n) is 4.49. The summed E-state index contributed by atoms with van der Waals surface area (Å²) in [5.74, 6) is 0.195. The van der Waals surface area contributed by atoms with E-state index in [9.17, 15) is 9.59 Å². The summed E-state index contributed by atoms with van der Waals surface area (Å²) >= 11 is 9.65. The van der Waals surface area contributed by atoms with E-state index in [1.807, 2.05) is 48.5 Å². The number of rotatable bonds is 8. The number of nitrogens with one attached hydrogen (secondary N) is 1. The van der Waals surface area contributed by atoms with Crippen LogP contribution in [0.4, 0.5) is 0 Å². The molecule has 1 fully saturated rings. The summed E-state index contributed by atoms with van der Waals surface area (Å²) < 4.78 is 6.74. The average molecular weight is 558 g/mol. The number of carbonyl (C=O) groups excluding carboxylic acids is 2.